The van der Waals surface area contributed by atoms with Gasteiger partial charge in [0.2, 0.25) is 5.78 Å². The van der Waals surface area contributed by atoms with Gasteiger partial charge in [0.1, 0.15) is 0 Å². The van der Waals surface area contributed by atoms with Gasteiger partial charge in [0.05, 0.1) is 18.0 Å². The number of aromatic amines is 1. The lowest BCUT2D eigenvalue weighted by atomic mass is 10.2. The van der Waals surface area contributed by atoms with Crippen molar-refractivity contribution in [3.63, 3.8) is 0 Å². The molecule has 3 aromatic rings. The Hall–Kier alpha value is -2.82. The van der Waals surface area contributed by atoms with Crippen LogP contribution >= 0.6 is 0 Å². The topological polar surface area (TPSA) is 70.9 Å². The first-order chi connectivity index (χ1) is 9.33. The van der Waals surface area contributed by atoms with Gasteiger partial charge in [-0.2, -0.15) is 5.10 Å². The van der Waals surface area contributed by atoms with Crippen molar-refractivity contribution in [1.29, 1.82) is 0 Å². The summed E-state index contributed by atoms with van der Waals surface area (Å²) in [5.41, 5.74) is 1.86. The number of aromatic nitrogens is 2. The molecule has 0 aliphatic rings. The first-order valence-corrected chi connectivity index (χ1v) is 5.77. The van der Waals surface area contributed by atoms with Crippen molar-refractivity contribution in [3.8, 4) is 0 Å². The van der Waals surface area contributed by atoms with Crippen LogP contribution in [0.5, 0.6) is 0 Å². The van der Waals surface area contributed by atoms with Gasteiger partial charge in [0, 0.05) is 23.3 Å². The molecule has 5 nitrogen and oxygen atoms in total. The minimum Gasteiger partial charge on any atom is -0.461 e. The highest BCUT2D eigenvalue weighted by atomic mass is 16.3. The number of carbonyl (C=O) groups excluding carboxylic acids is 1. The Labute approximate surface area is 108 Å². The summed E-state index contributed by atoms with van der Waals surface area (Å²) < 4.78 is 5.00. The Morgan fingerprint density at radius 2 is 2.32 bits per heavy atom. The quantitative estimate of drug-likeness (QED) is 0.554. The lowest BCUT2D eigenvalue weighted by Crippen LogP contribution is -1.94. The molecule has 0 saturated heterocycles. The zero-order chi connectivity index (χ0) is 13.1. The van der Waals surface area contributed by atoms with Crippen LogP contribution in [-0.4, -0.2) is 16.0 Å². The Morgan fingerprint density at radius 1 is 1.37 bits per heavy atom. The van der Waals surface area contributed by atoms with Gasteiger partial charge >= 0.3 is 0 Å². The zero-order valence-corrected chi connectivity index (χ0v) is 9.96. The van der Waals surface area contributed by atoms with Crippen molar-refractivity contribution in [1.82, 2.24) is 10.2 Å². The molecule has 0 bridgehead atoms. The highest BCUT2D eigenvalue weighted by Crippen LogP contribution is 2.16. The SMILES string of the molecule is O=C(/C=C/Nc1ccc2[nH]ncc2c1)c1ccco1. The van der Waals surface area contributed by atoms with E-state index >= 15 is 0 Å². The summed E-state index contributed by atoms with van der Waals surface area (Å²) in [6.45, 7) is 0. The van der Waals surface area contributed by atoms with Gasteiger partial charge in [-0.25, -0.2) is 0 Å². The second kappa shape index (κ2) is 4.81. The van der Waals surface area contributed by atoms with E-state index in [1.165, 1.54) is 12.3 Å². The van der Waals surface area contributed by atoms with E-state index in [0.29, 0.717) is 5.76 Å². The van der Waals surface area contributed by atoms with Gasteiger partial charge in [0.15, 0.2) is 5.76 Å². The van der Waals surface area contributed by atoms with Crippen molar-refractivity contribution >= 4 is 22.4 Å². The number of H-pyrrole nitrogens is 1. The first-order valence-electron chi connectivity index (χ1n) is 5.77. The van der Waals surface area contributed by atoms with E-state index in [1.54, 1.807) is 24.5 Å². The molecule has 0 atom stereocenters. The van der Waals surface area contributed by atoms with Crippen LogP contribution in [0, 0.1) is 0 Å². The molecule has 2 N–H and O–H groups in total. The van der Waals surface area contributed by atoms with Crippen LogP contribution in [0.25, 0.3) is 10.9 Å². The molecule has 2 aromatic heterocycles. The van der Waals surface area contributed by atoms with Crippen LogP contribution in [0.4, 0.5) is 5.69 Å². The molecule has 0 unspecified atom stereocenters. The summed E-state index contributed by atoms with van der Waals surface area (Å²) in [6, 6.07) is 9.08. The fourth-order valence-corrected chi connectivity index (χ4v) is 1.75. The fraction of sp³-hybridized carbons (Fsp3) is 0. The van der Waals surface area contributed by atoms with Crippen LogP contribution in [-0.2, 0) is 0 Å². The maximum atomic E-state index is 11.6. The minimum absolute atomic E-state index is 0.179. The number of hydrogen-bond donors (Lipinski definition) is 2. The van der Waals surface area contributed by atoms with Crippen molar-refractivity contribution in [3.05, 3.63) is 60.8 Å². The molecule has 0 amide bonds. The van der Waals surface area contributed by atoms with Gasteiger partial charge in [-0.3, -0.25) is 9.89 Å². The van der Waals surface area contributed by atoms with Crippen LogP contribution in [0.3, 0.4) is 0 Å². The van der Waals surface area contributed by atoms with E-state index < -0.39 is 0 Å². The Morgan fingerprint density at radius 3 is 3.16 bits per heavy atom. The Balaban J connectivity index is 1.70. The molecule has 0 aliphatic carbocycles. The van der Waals surface area contributed by atoms with E-state index in [2.05, 4.69) is 15.5 Å². The zero-order valence-electron chi connectivity index (χ0n) is 9.96. The molecular weight excluding hydrogens is 242 g/mol. The molecule has 0 saturated carbocycles. The van der Waals surface area contributed by atoms with Gasteiger partial charge in [-0.05, 0) is 30.3 Å². The average molecular weight is 253 g/mol. The number of anilines is 1. The predicted octanol–water partition coefficient (Wildman–Crippen LogP) is 2.96. The highest BCUT2D eigenvalue weighted by molar-refractivity contribution is 6.02. The smallest absolute Gasteiger partial charge is 0.222 e. The fourth-order valence-electron chi connectivity index (χ4n) is 1.75. The van der Waals surface area contributed by atoms with E-state index in [0.717, 1.165) is 16.6 Å². The maximum absolute atomic E-state index is 11.6. The van der Waals surface area contributed by atoms with E-state index in [1.807, 2.05) is 18.2 Å². The van der Waals surface area contributed by atoms with Gasteiger partial charge < -0.3 is 9.73 Å². The molecule has 0 spiro atoms. The van der Waals surface area contributed by atoms with Crippen LogP contribution < -0.4 is 5.32 Å². The monoisotopic (exact) mass is 253 g/mol. The first kappa shape index (κ1) is 11.3. The molecule has 2 heterocycles. The summed E-state index contributed by atoms with van der Waals surface area (Å²) in [7, 11) is 0. The van der Waals surface area contributed by atoms with Crippen molar-refractivity contribution < 1.29 is 9.21 Å². The second-order valence-corrected chi connectivity index (χ2v) is 3.99. The average Bonchev–Trinajstić information content (AvgIpc) is 3.09. The van der Waals surface area contributed by atoms with Gasteiger partial charge in [-0.1, -0.05) is 0 Å². The number of hydrogen-bond acceptors (Lipinski definition) is 4. The second-order valence-electron chi connectivity index (χ2n) is 3.99. The number of nitrogens with zero attached hydrogens (tertiary/aromatic N) is 1. The normalized spacial score (nSPS) is 11.2. The largest absolute Gasteiger partial charge is 0.461 e. The third-order valence-electron chi connectivity index (χ3n) is 2.69. The molecule has 0 fully saturated rings. The van der Waals surface area contributed by atoms with Crippen molar-refractivity contribution in [2.45, 2.75) is 0 Å². The molecule has 0 radical (unpaired) electrons. The minimum atomic E-state index is -0.179. The maximum Gasteiger partial charge on any atom is 0.222 e. The Bertz CT molecular complexity index is 726. The number of benzene rings is 1. The highest BCUT2D eigenvalue weighted by Gasteiger charge is 2.03. The van der Waals surface area contributed by atoms with Crippen LogP contribution in [0.1, 0.15) is 10.6 Å². The molecule has 3 rings (SSSR count). The predicted molar refractivity (Wildman–Crippen MR) is 71.9 cm³/mol. The standard InChI is InChI=1S/C14H11N3O2/c18-13(14-2-1-7-19-14)5-6-15-11-3-4-12-10(8-11)9-16-17-12/h1-9,15H,(H,16,17)/b6-5+. The summed E-state index contributed by atoms with van der Waals surface area (Å²) >= 11 is 0. The molecule has 0 aliphatic heterocycles. The van der Waals surface area contributed by atoms with Gasteiger partial charge in [-0.15, -0.1) is 0 Å². The Kier molecular flexibility index (Phi) is 2.86. The van der Waals surface area contributed by atoms with E-state index in [-0.39, 0.29) is 5.78 Å². The number of furan rings is 1. The van der Waals surface area contributed by atoms with Gasteiger partial charge in [0.25, 0.3) is 0 Å². The molecule has 19 heavy (non-hydrogen) atoms. The van der Waals surface area contributed by atoms with E-state index in [9.17, 15) is 4.79 Å². The molecular formula is C14H11N3O2. The lowest BCUT2D eigenvalue weighted by Gasteiger charge is -1.99. The molecule has 1 aromatic carbocycles. The summed E-state index contributed by atoms with van der Waals surface area (Å²) in [4.78, 5) is 11.6. The number of rotatable bonds is 4. The number of nitrogens with one attached hydrogen (secondary N) is 2. The third-order valence-corrected chi connectivity index (χ3v) is 2.69. The lowest BCUT2D eigenvalue weighted by molar-refractivity contribution is 0.102. The van der Waals surface area contributed by atoms with E-state index in [4.69, 9.17) is 4.42 Å². The summed E-state index contributed by atoms with van der Waals surface area (Å²) in [5.74, 6) is 0.144. The van der Waals surface area contributed by atoms with Crippen molar-refractivity contribution in [2.24, 2.45) is 0 Å². The number of ketones is 1. The van der Waals surface area contributed by atoms with Crippen LogP contribution in [0.2, 0.25) is 0 Å². The molecule has 94 valence electrons. The van der Waals surface area contributed by atoms with Crippen LogP contribution in [0.15, 0.2) is 59.5 Å². The summed E-state index contributed by atoms with van der Waals surface area (Å²) in [6.07, 6.45) is 6.24. The molecule has 5 heteroatoms. The summed E-state index contributed by atoms with van der Waals surface area (Å²) in [5, 5.41) is 10.9. The number of carbonyl (C=O) groups is 1. The van der Waals surface area contributed by atoms with Crippen molar-refractivity contribution in [2.75, 3.05) is 5.32 Å². The number of fused-ring (bicyclic) bond motifs is 1. The number of allylic oxidation sites excluding steroid dienone is 1. The third kappa shape index (κ3) is 2.40.